The SMILES string of the molecule is COc1nc2ccn(CC[C@@H]3CCOC3)c(=O)c2cc1C#N. The Labute approximate surface area is 127 Å². The molecule has 0 radical (unpaired) electrons. The summed E-state index contributed by atoms with van der Waals surface area (Å²) < 4.78 is 12.1. The summed E-state index contributed by atoms with van der Waals surface area (Å²) in [5.74, 6) is 0.765. The van der Waals surface area contributed by atoms with Gasteiger partial charge < -0.3 is 14.0 Å². The topological polar surface area (TPSA) is 77.1 Å². The summed E-state index contributed by atoms with van der Waals surface area (Å²) in [6, 6.07) is 5.35. The second-order valence-electron chi connectivity index (χ2n) is 5.42. The monoisotopic (exact) mass is 299 g/mol. The Morgan fingerprint density at radius 1 is 1.59 bits per heavy atom. The van der Waals surface area contributed by atoms with E-state index in [-0.39, 0.29) is 17.0 Å². The zero-order valence-corrected chi connectivity index (χ0v) is 12.4. The van der Waals surface area contributed by atoms with Gasteiger partial charge in [-0.25, -0.2) is 4.98 Å². The lowest BCUT2D eigenvalue weighted by molar-refractivity contribution is 0.183. The summed E-state index contributed by atoms with van der Waals surface area (Å²) >= 11 is 0. The number of nitriles is 1. The van der Waals surface area contributed by atoms with Crippen molar-refractivity contribution in [3.05, 3.63) is 34.2 Å². The predicted octanol–water partition coefficient (Wildman–Crippen LogP) is 1.70. The van der Waals surface area contributed by atoms with E-state index in [2.05, 4.69) is 4.98 Å². The lowest BCUT2D eigenvalue weighted by Crippen LogP contribution is -2.21. The Hall–Kier alpha value is -2.39. The smallest absolute Gasteiger partial charge is 0.260 e. The van der Waals surface area contributed by atoms with Crippen LogP contribution in [0.15, 0.2) is 23.1 Å². The molecule has 6 heteroatoms. The lowest BCUT2D eigenvalue weighted by Gasteiger charge is -2.11. The van der Waals surface area contributed by atoms with Gasteiger partial charge in [0, 0.05) is 26.0 Å². The molecule has 3 rings (SSSR count). The number of hydrogen-bond acceptors (Lipinski definition) is 5. The molecule has 0 aromatic carbocycles. The normalized spacial score (nSPS) is 17.5. The Morgan fingerprint density at radius 3 is 3.14 bits per heavy atom. The van der Waals surface area contributed by atoms with Crippen molar-refractivity contribution in [2.45, 2.75) is 19.4 Å². The maximum absolute atomic E-state index is 12.5. The number of pyridine rings is 2. The summed E-state index contributed by atoms with van der Waals surface area (Å²) in [5, 5.41) is 9.57. The van der Waals surface area contributed by atoms with Gasteiger partial charge in [0.15, 0.2) is 0 Å². The third kappa shape index (κ3) is 2.68. The quantitative estimate of drug-likeness (QED) is 0.858. The van der Waals surface area contributed by atoms with Crippen LogP contribution in [0.25, 0.3) is 10.9 Å². The first-order chi connectivity index (χ1) is 10.7. The molecule has 0 amide bonds. The van der Waals surface area contributed by atoms with Gasteiger partial charge in [-0.2, -0.15) is 5.26 Å². The summed E-state index contributed by atoms with van der Waals surface area (Å²) in [4.78, 5) is 16.8. The van der Waals surface area contributed by atoms with Gasteiger partial charge in [-0.05, 0) is 30.9 Å². The first-order valence-corrected chi connectivity index (χ1v) is 7.29. The molecule has 114 valence electrons. The van der Waals surface area contributed by atoms with E-state index >= 15 is 0 Å². The van der Waals surface area contributed by atoms with Crippen LogP contribution in [-0.4, -0.2) is 29.9 Å². The number of aryl methyl sites for hydroxylation is 1. The van der Waals surface area contributed by atoms with Crippen LogP contribution < -0.4 is 10.3 Å². The van der Waals surface area contributed by atoms with E-state index in [1.807, 2.05) is 6.07 Å². The molecular weight excluding hydrogens is 282 g/mol. The highest BCUT2D eigenvalue weighted by Crippen LogP contribution is 2.20. The standard InChI is InChI=1S/C16H17N3O3/c1-21-15-12(9-17)8-13-14(18-15)3-6-19(16(13)20)5-2-11-4-7-22-10-11/h3,6,8,11H,2,4-5,7,10H2,1H3/t11-/m1/s1. The van der Waals surface area contributed by atoms with Crippen LogP contribution in [0.2, 0.25) is 0 Å². The molecule has 6 nitrogen and oxygen atoms in total. The molecule has 3 heterocycles. The zero-order valence-electron chi connectivity index (χ0n) is 12.4. The molecular formula is C16H17N3O3. The van der Waals surface area contributed by atoms with Crippen molar-refractivity contribution in [2.75, 3.05) is 20.3 Å². The third-order valence-corrected chi connectivity index (χ3v) is 4.04. The van der Waals surface area contributed by atoms with E-state index in [0.29, 0.717) is 23.4 Å². The summed E-state index contributed by atoms with van der Waals surface area (Å²) in [7, 11) is 1.46. The summed E-state index contributed by atoms with van der Waals surface area (Å²) in [6.07, 6.45) is 3.72. The van der Waals surface area contributed by atoms with Crippen LogP contribution in [0.1, 0.15) is 18.4 Å². The van der Waals surface area contributed by atoms with Gasteiger partial charge >= 0.3 is 0 Å². The Balaban J connectivity index is 1.94. The van der Waals surface area contributed by atoms with Crippen LogP contribution in [0.3, 0.4) is 0 Å². The Morgan fingerprint density at radius 2 is 2.45 bits per heavy atom. The number of ether oxygens (including phenoxy) is 2. The summed E-state index contributed by atoms with van der Waals surface area (Å²) in [5.41, 5.74) is 0.693. The predicted molar refractivity (Wildman–Crippen MR) is 80.8 cm³/mol. The molecule has 22 heavy (non-hydrogen) atoms. The van der Waals surface area contributed by atoms with Crippen molar-refractivity contribution in [2.24, 2.45) is 5.92 Å². The largest absolute Gasteiger partial charge is 0.480 e. The number of fused-ring (bicyclic) bond motifs is 1. The first kappa shape index (κ1) is 14.5. The minimum Gasteiger partial charge on any atom is -0.480 e. The maximum Gasteiger partial charge on any atom is 0.260 e. The Bertz CT molecular complexity index is 786. The molecule has 0 N–H and O–H groups in total. The molecule has 0 bridgehead atoms. The molecule has 0 spiro atoms. The maximum atomic E-state index is 12.5. The van der Waals surface area contributed by atoms with Gasteiger partial charge in [0.2, 0.25) is 5.88 Å². The van der Waals surface area contributed by atoms with E-state index in [0.717, 1.165) is 26.1 Å². The average molecular weight is 299 g/mol. The van der Waals surface area contributed by atoms with Gasteiger partial charge in [0.05, 0.1) is 18.0 Å². The highest BCUT2D eigenvalue weighted by Gasteiger charge is 2.16. The molecule has 1 aliphatic rings. The van der Waals surface area contributed by atoms with Crippen LogP contribution in [0.4, 0.5) is 0 Å². The molecule has 1 fully saturated rings. The fourth-order valence-electron chi connectivity index (χ4n) is 2.74. The fourth-order valence-corrected chi connectivity index (χ4v) is 2.74. The van der Waals surface area contributed by atoms with Crippen molar-refractivity contribution in [1.29, 1.82) is 5.26 Å². The zero-order chi connectivity index (χ0) is 15.5. The number of hydrogen-bond donors (Lipinski definition) is 0. The van der Waals surface area contributed by atoms with Gasteiger partial charge in [-0.15, -0.1) is 0 Å². The Kier molecular flexibility index (Phi) is 4.07. The molecule has 0 aliphatic carbocycles. The van der Waals surface area contributed by atoms with E-state index in [1.165, 1.54) is 7.11 Å². The fraction of sp³-hybridized carbons (Fsp3) is 0.438. The highest BCUT2D eigenvalue weighted by molar-refractivity contribution is 5.79. The summed E-state index contributed by atoms with van der Waals surface area (Å²) in [6.45, 7) is 2.24. The second-order valence-corrected chi connectivity index (χ2v) is 5.42. The van der Waals surface area contributed by atoms with Crippen LogP contribution >= 0.6 is 0 Å². The number of aromatic nitrogens is 2. The molecule has 1 aliphatic heterocycles. The van der Waals surface area contributed by atoms with Crippen LogP contribution in [-0.2, 0) is 11.3 Å². The van der Waals surface area contributed by atoms with Crippen LogP contribution in [0.5, 0.6) is 5.88 Å². The van der Waals surface area contributed by atoms with E-state index in [4.69, 9.17) is 14.7 Å². The van der Waals surface area contributed by atoms with Crippen molar-refractivity contribution in [3.63, 3.8) is 0 Å². The molecule has 0 unspecified atom stereocenters. The number of nitrogens with zero attached hydrogens (tertiary/aromatic N) is 3. The lowest BCUT2D eigenvalue weighted by atomic mass is 10.1. The van der Waals surface area contributed by atoms with E-state index in [9.17, 15) is 4.79 Å². The van der Waals surface area contributed by atoms with Gasteiger partial charge in [0.25, 0.3) is 5.56 Å². The van der Waals surface area contributed by atoms with Crippen molar-refractivity contribution < 1.29 is 9.47 Å². The van der Waals surface area contributed by atoms with Gasteiger partial charge in [0.1, 0.15) is 11.6 Å². The third-order valence-electron chi connectivity index (χ3n) is 4.04. The van der Waals surface area contributed by atoms with Crippen molar-refractivity contribution in [3.8, 4) is 11.9 Å². The minimum atomic E-state index is -0.122. The average Bonchev–Trinajstić information content (AvgIpc) is 3.06. The molecule has 2 aromatic heterocycles. The van der Waals surface area contributed by atoms with Crippen molar-refractivity contribution >= 4 is 10.9 Å². The number of rotatable bonds is 4. The van der Waals surface area contributed by atoms with Gasteiger partial charge in [-0.3, -0.25) is 4.79 Å². The highest BCUT2D eigenvalue weighted by atomic mass is 16.5. The van der Waals surface area contributed by atoms with Gasteiger partial charge in [-0.1, -0.05) is 0 Å². The molecule has 2 aromatic rings. The molecule has 0 saturated carbocycles. The molecule has 1 atom stereocenters. The van der Waals surface area contributed by atoms with E-state index < -0.39 is 0 Å². The number of methoxy groups -OCH3 is 1. The molecule has 1 saturated heterocycles. The van der Waals surface area contributed by atoms with Crippen LogP contribution in [0, 0.1) is 17.2 Å². The van der Waals surface area contributed by atoms with E-state index in [1.54, 1.807) is 22.9 Å². The van der Waals surface area contributed by atoms with Crippen molar-refractivity contribution in [1.82, 2.24) is 9.55 Å². The minimum absolute atomic E-state index is 0.122. The first-order valence-electron chi connectivity index (χ1n) is 7.29. The second kappa shape index (κ2) is 6.16.